The molecule has 0 atom stereocenters. The predicted octanol–water partition coefficient (Wildman–Crippen LogP) is 4.54. The third kappa shape index (κ3) is 4.91. The number of para-hydroxylation sites is 1. The quantitative estimate of drug-likeness (QED) is 0.670. The lowest BCUT2D eigenvalue weighted by Crippen LogP contribution is -2.30. The maximum Gasteiger partial charge on any atom is 0.258 e. The maximum absolute atomic E-state index is 12.9. The van der Waals surface area contributed by atoms with Crippen LogP contribution in [-0.4, -0.2) is 24.0 Å². The van der Waals surface area contributed by atoms with Gasteiger partial charge in [0, 0.05) is 30.5 Å². The van der Waals surface area contributed by atoms with Gasteiger partial charge in [-0.2, -0.15) is 0 Å². The SMILES string of the molecule is CCN(C(=O)c1ccnc(NCCc2ccc(F)cc2)c1)c1ccccc1. The summed E-state index contributed by atoms with van der Waals surface area (Å²) in [7, 11) is 0. The summed E-state index contributed by atoms with van der Waals surface area (Å²) in [6, 6.07) is 19.5. The number of nitrogens with zero attached hydrogens (tertiary/aromatic N) is 2. The van der Waals surface area contributed by atoms with E-state index in [9.17, 15) is 9.18 Å². The van der Waals surface area contributed by atoms with Gasteiger partial charge in [0.1, 0.15) is 11.6 Å². The first-order valence-electron chi connectivity index (χ1n) is 8.98. The molecule has 0 unspecified atom stereocenters. The third-order valence-electron chi connectivity index (χ3n) is 4.27. The highest BCUT2D eigenvalue weighted by Gasteiger charge is 2.16. The van der Waals surface area contributed by atoms with Crippen LogP contribution in [0.4, 0.5) is 15.9 Å². The number of benzene rings is 2. The average Bonchev–Trinajstić information content (AvgIpc) is 2.71. The number of amides is 1. The van der Waals surface area contributed by atoms with Crippen LogP contribution in [0, 0.1) is 5.82 Å². The van der Waals surface area contributed by atoms with Crippen molar-refractivity contribution < 1.29 is 9.18 Å². The number of nitrogens with one attached hydrogen (secondary N) is 1. The fourth-order valence-corrected chi connectivity index (χ4v) is 2.85. The number of carbonyl (C=O) groups is 1. The van der Waals surface area contributed by atoms with Gasteiger partial charge in [-0.1, -0.05) is 30.3 Å². The number of carbonyl (C=O) groups excluding carboxylic acids is 1. The monoisotopic (exact) mass is 363 g/mol. The second-order valence-electron chi connectivity index (χ2n) is 6.12. The van der Waals surface area contributed by atoms with Crippen LogP contribution in [0.15, 0.2) is 72.9 Å². The zero-order chi connectivity index (χ0) is 19.1. The van der Waals surface area contributed by atoms with E-state index in [0.29, 0.717) is 24.5 Å². The summed E-state index contributed by atoms with van der Waals surface area (Å²) >= 11 is 0. The smallest absolute Gasteiger partial charge is 0.258 e. The molecule has 5 heteroatoms. The first-order valence-corrected chi connectivity index (χ1v) is 8.98. The Bertz CT molecular complexity index is 882. The van der Waals surface area contributed by atoms with Gasteiger partial charge < -0.3 is 10.2 Å². The lowest BCUT2D eigenvalue weighted by Gasteiger charge is -2.21. The minimum absolute atomic E-state index is 0.0623. The lowest BCUT2D eigenvalue weighted by atomic mass is 10.1. The molecule has 1 heterocycles. The summed E-state index contributed by atoms with van der Waals surface area (Å²) in [4.78, 5) is 18.9. The van der Waals surface area contributed by atoms with Crippen LogP contribution >= 0.6 is 0 Å². The van der Waals surface area contributed by atoms with Crippen molar-refractivity contribution >= 4 is 17.4 Å². The van der Waals surface area contributed by atoms with E-state index >= 15 is 0 Å². The van der Waals surface area contributed by atoms with Crippen LogP contribution in [0.1, 0.15) is 22.8 Å². The molecule has 4 nitrogen and oxygen atoms in total. The van der Waals surface area contributed by atoms with Gasteiger partial charge in [-0.25, -0.2) is 9.37 Å². The zero-order valence-electron chi connectivity index (χ0n) is 15.2. The zero-order valence-corrected chi connectivity index (χ0v) is 15.2. The Hall–Kier alpha value is -3.21. The molecule has 0 aliphatic carbocycles. The van der Waals surface area contributed by atoms with Crippen molar-refractivity contribution in [2.24, 2.45) is 0 Å². The van der Waals surface area contributed by atoms with E-state index in [-0.39, 0.29) is 11.7 Å². The summed E-state index contributed by atoms with van der Waals surface area (Å²) in [5.74, 6) is 0.346. The standard InChI is InChI=1S/C22H22FN3O/c1-2-26(20-6-4-3-5-7-20)22(27)18-13-15-25-21(16-18)24-14-12-17-8-10-19(23)11-9-17/h3-11,13,15-16H,2,12,14H2,1H3,(H,24,25). The first-order chi connectivity index (χ1) is 13.2. The summed E-state index contributed by atoms with van der Waals surface area (Å²) in [6.45, 7) is 3.18. The number of anilines is 2. The highest BCUT2D eigenvalue weighted by molar-refractivity contribution is 6.06. The van der Waals surface area contributed by atoms with Gasteiger partial charge in [-0.15, -0.1) is 0 Å². The summed E-state index contributed by atoms with van der Waals surface area (Å²) in [6.07, 6.45) is 2.37. The number of hydrogen-bond donors (Lipinski definition) is 1. The number of rotatable bonds is 7. The number of aromatic nitrogens is 1. The molecule has 1 N–H and O–H groups in total. The molecule has 3 rings (SSSR count). The van der Waals surface area contributed by atoms with Crippen molar-refractivity contribution in [2.45, 2.75) is 13.3 Å². The second kappa shape index (κ2) is 8.94. The molecule has 27 heavy (non-hydrogen) atoms. The van der Waals surface area contributed by atoms with E-state index in [1.165, 1.54) is 12.1 Å². The van der Waals surface area contributed by atoms with Crippen molar-refractivity contribution in [1.82, 2.24) is 4.98 Å². The summed E-state index contributed by atoms with van der Waals surface area (Å²) in [5, 5.41) is 3.22. The van der Waals surface area contributed by atoms with Crippen molar-refractivity contribution in [2.75, 3.05) is 23.3 Å². The highest BCUT2D eigenvalue weighted by Crippen LogP contribution is 2.17. The molecule has 0 aliphatic rings. The molecule has 138 valence electrons. The van der Waals surface area contributed by atoms with Gasteiger partial charge in [0.15, 0.2) is 0 Å². The van der Waals surface area contributed by atoms with E-state index < -0.39 is 0 Å². The van der Waals surface area contributed by atoms with Gasteiger partial charge >= 0.3 is 0 Å². The number of halogens is 1. The van der Waals surface area contributed by atoms with Crippen LogP contribution in [0.3, 0.4) is 0 Å². The average molecular weight is 363 g/mol. The molecule has 1 aromatic heterocycles. The molecule has 3 aromatic rings. The minimum atomic E-state index is -0.238. The van der Waals surface area contributed by atoms with Crippen LogP contribution in [0.25, 0.3) is 0 Å². The van der Waals surface area contributed by atoms with Crippen LogP contribution < -0.4 is 10.2 Å². The van der Waals surface area contributed by atoms with E-state index in [4.69, 9.17) is 0 Å². The number of pyridine rings is 1. The molecule has 0 saturated carbocycles. The molecule has 1 amide bonds. The molecule has 0 radical (unpaired) electrons. The minimum Gasteiger partial charge on any atom is -0.370 e. The Morgan fingerprint density at radius 1 is 1.07 bits per heavy atom. The Kier molecular flexibility index (Phi) is 6.15. The van der Waals surface area contributed by atoms with Gasteiger partial charge in [-0.3, -0.25) is 4.79 Å². The van der Waals surface area contributed by atoms with E-state index in [1.807, 2.05) is 37.3 Å². The number of hydrogen-bond acceptors (Lipinski definition) is 3. The Balaban J connectivity index is 1.65. The Morgan fingerprint density at radius 2 is 1.81 bits per heavy atom. The van der Waals surface area contributed by atoms with Crippen LogP contribution in [-0.2, 0) is 6.42 Å². The van der Waals surface area contributed by atoms with Gasteiger partial charge in [0.25, 0.3) is 5.91 Å². The predicted molar refractivity (Wildman–Crippen MR) is 107 cm³/mol. The molecular weight excluding hydrogens is 341 g/mol. The summed E-state index contributed by atoms with van der Waals surface area (Å²) < 4.78 is 12.9. The van der Waals surface area contributed by atoms with Crippen molar-refractivity contribution in [3.63, 3.8) is 0 Å². The van der Waals surface area contributed by atoms with Gasteiger partial charge in [0.05, 0.1) is 0 Å². The molecule has 0 saturated heterocycles. The van der Waals surface area contributed by atoms with E-state index in [2.05, 4.69) is 10.3 Å². The molecule has 0 aliphatic heterocycles. The fraction of sp³-hybridized carbons (Fsp3) is 0.182. The largest absolute Gasteiger partial charge is 0.370 e. The third-order valence-corrected chi connectivity index (χ3v) is 4.27. The fourth-order valence-electron chi connectivity index (χ4n) is 2.85. The lowest BCUT2D eigenvalue weighted by molar-refractivity contribution is 0.0988. The molecule has 0 spiro atoms. The van der Waals surface area contributed by atoms with Crippen molar-refractivity contribution in [1.29, 1.82) is 0 Å². The normalized spacial score (nSPS) is 10.4. The first kappa shape index (κ1) is 18.6. The van der Waals surface area contributed by atoms with Gasteiger partial charge in [0.2, 0.25) is 0 Å². The van der Waals surface area contributed by atoms with E-state index in [0.717, 1.165) is 17.7 Å². The molecular formula is C22H22FN3O. The summed E-state index contributed by atoms with van der Waals surface area (Å²) in [5.41, 5.74) is 2.49. The van der Waals surface area contributed by atoms with E-state index in [1.54, 1.807) is 35.4 Å². The van der Waals surface area contributed by atoms with Crippen LogP contribution in [0.2, 0.25) is 0 Å². The van der Waals surface area contributed by atoms with Crippen molar-refractivity contribution in [3.05, 3.63) is 89.9 Å². The highest BCUT2D eigenvalue weighted by atomic mass is 19.1. The Morgan fingerprint density at radius 3 is 2.52 bits per heavy atom. The molecule has 0 fully saturated rings. The Labute approximate surface area is 158 Å². The topological polar surface area (TPSA) is 45.2 Å². The van der Waals surface area contributed by atoms with Gasteiger partial charge in [-0.05, 0) is 55.3 Å². The molecule has 0 bridgehead atoms. The molecule has 2 aromatic carbocycles. The van der Waals surface area contributed by atoms with Crippen LogP contribution in [0.5, 0.6) is 0 Å². The maximum atomic E-state index is 12.9. The van der Waals surface area contributed by atoms with Crippen molar-refractivity contribution in [3.8, 4) is 0 Å². The second-order valence-corrected chi connectivity index (χ2v) is 6.12.